The van der Waals surface area contributed by atoms with E-state index in [2.05, 4.69) is 15.9 Å². The highest BCUT2D eigenvalue weighted by molar-refractivity contribution is 9.10. The first-order valence-corrected chi connectivity index (χ1v) is 9.43. The van der Waals surface area contributed by atoms with Gasteiger partial charge in [0.25, 0.3) is 5.91 Å². The molecule has 0 N–H and O–H groups in total. The number of carbonyl (C=O) groups excluding carboxylic acids is 2. The van der Waals surface area contributed by atoms with E-state index in [0.29, 0.717) is 49.6 Å². The Morgan fingerprint density at radius 1 is 1.00 bits per heavy atom. The zero-order valence-corrected chi connectivity index (χ0v) is 16.0. The first-order chi connectivity index (χ1) is 12.6. The first-order valence-electron chi connectivity index (χ1n) is 8.64. The molecule has 0 aliphatic carbocycles. The van der Waals surface area contributed by atoms with Crippen molar-refractivity contribution in [2.24, 2.45) is 0 Å². The summed E-state index contributed by atoms with van der Waals surface area (Å²) < 4.78 is 11.5. The van der Waals surface area contributed by atoms with E-state index in [9.17, 15) is 9.59 Å². The van der Waals surface area contributed by atoms with Crippen LogP contribution in [0.15, 0.2) is 51.6 Å². The van der Waals surface area contributed by atoms with Crippen LogP contribution < -0.4 is 4.74 Å². The van der Waals surface area contributed by atoms with E-state index in [1.165, 1.54) is 0 Å². The molecule has 0 bridgehead atoms. The topological polar surface area (TPSA) is 63.0 Å². The van der Waals surface area contributed by atoms with Crippen LogP contribution in [0.5, 0.6) is 5.75 Å². The Morgan fingerprint density at radius 3 is 2.46 bits per heavy atom. The molecule has 2 amide bonds. The van der Waals surface area contributed by atoms with Crippen molar-refractivity contribution in [1.29, 1.82) is 0 Å². The third-order valence-corrected chi connectivity index (χ3v) is 4.67. The number of halogens is 1. The number of rotatable bonds is 5. The van der Waals surface area contributed by atoms with Crippen LogP contribution in [0.4, 0.5) is 0 Å². The number of carbonyl (C=O) groups is 2. The van der Waals surface area contributed by atoms with Crippen LogP contribution in [-0.2, 0) is 4.79 Å². The lowest BCUT2D eigenvalue weighted by Crippen LogP contribution is -2.37. The summed E-state index contributed by atoms with van der Waals surface area (Å²) in [5.74, 6) is 0.985. The molecule has 1 aromatic carbocycles. The van der Waals surface area contributed by atoms with Gasteiger partial charge in [0.2, 0.25) is 5.91 Å². The van der Waals surface area contributed by atoms with Crippen molar-refractivity contribution in [3.8, 4) is 5.75 Å². The van der Waals surface area contributed by atoms with Gasteiger partial charge in [-0.25, -0.2) is 0 Å². The Hall–Kier alpha value is -2.28. The SMILES string of the molecule is O=C(CCOc1ccccc1)N1CCCN(C(=O)c2ccc(Br)o2)CC1. The molecule has 138 valence electrons. The van der Waals surface area contributed by atoms with Crippen LogP contribution in [0, 0.1) is 0 Å². The summed E-state index contributed by atoms with van der Waals surface area (Å²) in [5, 5.41) is 0. The molecular weight excluding hydrogens is 400 g/mol. The summed E-state index contributed by atoms with van der Waals surface area (Å²) in [6.07, 6.45) is 1.08. The minimum atomic E-state index is -0.141. The molecule has 1 aliphatic rings. The fourth-order valence-corrected chi connectivity index (χ4v) is 3.19. The molecule has 0 unspecified atom stereocenters. The molecule has 1 saturated heterocycles. The minimum Gasteiger partial charge on any atom is -0.493 e. The van der Waals surface area contributed by atoms with E-state index in [1.54, 1.807) is 21.9 Å². The third kappa shape index (κ3) is 4.88. The quantitative estimate of drug-likeness (QED) is 0.744. The molecule has 1 aromatic heterocycles. The number of hydrogen-bond acceptors (Lipinski definition) is 4. The molecule has 7 heteroatoms. The predicted molar refractivity (Wildman–Crippen MR) is 100 cm³/mol. The van der Waals surface area contributed by atoms with Gasteiger partial charge in [-0.1, -0.05) is 18.2 Å². The van der Waals surface area contributed by atoms with Crippen molar-refractivity contribution in [2.75, 3.05) is 32.8 Å². The standard InChI is InChI=1S/C19H21BrN2O4/c20-17-8-7-16(26-17)19(24)22-11-4-10-21(12-13-22)18(23)9-14-25-15-5-2-1-3-6-15/h1-3,5-8H,4,9-14H2. The van der Waals surface area contributed by atoms with Crippen molar-refractivity contribution in [3.63, 3.8) is 0 Å². The van der Waals surface area contributed by atoms with Crippen LogP contribution in [-0.4, -0.2) is 54.4 Å². The molecule has 3 rings (SSSR count). The molecule has 0 spiro atoms. The van der Waals surface area contributed by atoms with Gasteiger partial charge >= 0.3 is 0 Å². The normalized spacial score (nSPS) is 14.8. The Morgan fingerprint density at radius 2 is 1.73 bits per heavy atom. The summed E-state index contributed by atoms with van der Waals surface area (Å²) in [4.78, 5) is 28.4. The van der Waals surface area contributed by atoms with Crippen LogP contribution in [0.25, 0.3) is 0 Å². The van der Waals surface area contributed by atoms with Crippen molar-refractivity contribution >= 4 is 27.7 Å². The van der Waals surface area contributed by atoms with E-state index >= 15 is 0 Å². The molecule has 2 heterocycles. The van der Waals surface area contributed by atoms with Crippen molar-refractivity contribution in [3.05, 3.63) is 52.9 Å². The maximum atomic E-state index is 12.5. The van der Waals surface area contributed by atoms with Crippen molar-refractivity contribution < 1.29 is 18.7 Å². The van der Waals surface area contributed by atoms with Gasteiger partial charge in [0.1, 0.15) is 5.75 Å². The Bertz CT molecular complexity index is 747. The second kappa shape index (κ2) is 8.89. The molecule has 26 heavy (non-hydrogen) atoms. The largest absolute Gasteiger partial charge is 0.493 e. The van der Waals surface area contributed by atoms with Crippen LogP contribution in [0.1, 0.15) is 23.4 Å². The highest BCUT2D eigenvalue weighted by Crippen LogP contribution is 2.17. The molecule has 0 atom stereocenters. The van der Waals surface area contributed by atoms with Crippen molar-refractivity contribution in [2.45, 2.75) is 12.8 Å². The van der Waals surface area contributed by atoms with E-state index in [0.717, 1.165) is 12.2 Å². The molecule has 6 nitrogen and oxygen atoms in total. The predicted octanol–water partition coefficient (Wildman–Crippen LogP) is 3.19. The third-order valence-electron chi connectivity index (χ3n) is 4.25. The van der Waals surface area contributed by atoms with Crippen LogP contribution in [0.2, 0.25) is 0 Å². The molecule has 2 aromatic rings. The second-order valence-corrected chi connectivity index (χ2v) is 6.82. The lowest BCUT2D eigenvalue weighted by molar-refractivity contribution is -0.131. The van der Waals surface area contributed by atoms with Crippen molar-refractivity contribution in [1.82, 2.24) is 9.80 Å². The lowest BCUT2D eigenvalue weighted by Gasteiger charge is -2.21. The lowest BCUT2D eigenvalue weighted by atomic mass is 10.3. The number of ether oxygens (including phenoxy) is 1. The van der Waals surface area contributed by atoms with Gasteiger partial charge in [0.05, 0.1) is 13.0 Å². The van der Waals surface area contributed by atoms with Crippen LogP contribution >= 0.6 is 15.9 Å². The summed E-state index contributed by atoms with van der Waals surface area (Å²) in [6.45, 7) is 2.64. The number of nitrogens with zero attached hydrogens (tertiary/aromatic N) is 2. The van der Waals surface area contributed by atoms with Gasteiger partial charge in [-0.3, -0.25) is 9.59 Å². The first kappa shape index (κ1) is 18.5. The number of hydrogen-bond donors (Lipinski definition) is 0. The summed E-state index contributed by atoms with van der Waals surface area (Å²) in [7, 11) is 0. The number of benzene rings is 1. The molecule has 0 saturated carbocycles. The van der Waals surface area contributed by atoms with E-state index < -0.39 is 0 Å². The summed E-state index contributed by atoms with van der Waals surface area (Å²) in [5.41, 5.74) is 0. The molecule has 1 aliphatic heterocycles. The van der Waals surface area contributed by atoms with Gasteiger partial charge in [-0.15, -0.1) is 0 Å². The molecular formula is C19H21BrN2O4. The van der Waals surface area contributed by atoms with Gasteiger partial charge in [-0.05, 0) is 46.6 Å². The minimum absolute atomic E-state index is 0.0518. The van der Waals surface area contributed by atoms with Gasteiger partial charge in [0.15, 0.2) is 10.4 Å². The molecule has 1 fully saturated rings. The second-order valence-electron chi connectivity index (χ2n) is 6.04. The maximum absolute atomic E-state index is 12.5. The Balaban J connectivity index is 1.47. The van der Waals surface area contributed by atoms with E-state index in [4.69, 9.17) is 9.15 Å². The van der Waals surface area contributed by atoms with E-state index in [-0.39, 0.29) is 11.8 Å². The zero-order valence-electron chi connectivity index (χ0n) is 14.4. The summed E-state index contributed by atoms with van der Waals surface area (Å²) in [6, 6.07) is 12.8. The fourth-order valence-electron chi connectivity index (χ4n) is 2.89. The maximum Gasteiger partial charge on any atom is 0.289 e. The van der Waals surface area contributed by atoms with Gasteiger partial charge in [0, 0.05) is 26.2 Å². The Labute approximate surface area is 160 Å². The molecule has 0 radical (unpaired) electrons. The monoisotopic (exact) mass is 420 g/mol. The fraction of sp³-hybridized carbons (Fsp3) is 0.368. The highest BCUT2D eigenvalue weighted by Gasteiger charge is 2.24. The Kier molecular flexibility index (Phi) is 6.33. The zero-order chi connectivity index (χ0) is 18.4. The highest BCUT2D eigenvalue weighted by atomic mass is 79.9. The van der Waals surface area contributed by atoms with Gasteiger partial charge in [-0.2, -0.15) is 0 Å². The number of para-hydroxylation sites is 1. The summed E-state index contributed by atoms with van der Waals surface area (Å²) >= 11 is 3.21. The smallest absolute Gasteiger partial charge is 0.289 e. The average molecular weight is 421 g/mol. The van der Waals surface area contributed by atoms with Gasteiger partial charge < -0.3 is 19.0 Å². The van der Waals surface area contributed by atoms with E-state index in [1.807, 2.05) is 30.3 Å². The van der Waals surface area contributed by atoms with Crippen LogP contribution in [0.3, 0.4) is 0 Å². The average Bonchev–Trinajstić information content (AvgIpc) is 2.94. The number of amides is 2. The number of furan rings is 1.